The van der Waals surface area contributed by atoms with Crippen LogP contribution >= 0.6 is 11.3 Å². The second kappa shape index (κ2) is 5.62. The predicted octanol–water partition coefficient (Wildman–Crippen LogP) is 2.40. The molecule has 1 aliphatic rings. The summed E-state index contributed by atoms with van der Waals surface area (Å²) in [5.74, 6) is 0.650. The van der Waals surface area contributed by atoms with E-state index in [1.807, 2.05) is 18.3 Å². The summed E-state index contributed by atoms with van der Waals surface area (Å²) in [5.41, 5.74) is 7.03. The van der Waals surface area contributed by atoms with E-state index in [0.29, 0.717) is 12.6 Å². The third kappa shape index (κ3) is 2.67. The van der Waals surface area contributed by atoms with Gasteiger partial charge in [-0.1, -0.05) is 0 Å². The van der Waals surface area contributed by atoms with E-state index < -0.39 is 0 Å². The minimum atomic E-state index is 0.173. The van der Waals surface area contributed by atoms with E-state index >= 15 is 0 Å². The largest absolute Gasteiger partial charge is 0.464 e. The molecule has 0 saturated heterocycles. The number of nitrogen functional groups attached to an aromatic ring is 1. The molecule has 3 rings (SSSR count). The fourth-order valence-electron chi connectivity index (χ4n) is 2.42. The number of thiophene rings is 1. The molecule has 6 nitrogen and oxygen atoms in total. The van der Waals surface area contributed by atoms with Crippen LogP contribution in [0.5, 0.6) is 6.01 Å². The van der Waals surface area contributed by atoms with Crippen molar-refractivity contribution in [3.05, 3.63) is 21.9 Å². The van der Waals surface area contributed by atoms with Gasteiger partial charge in [0.05, 0.1) is 12.6 Å². The number of hydrogen-bond donors (Lipinski definition) is 2. The summed E-state index contributed by atoms with van der Waals surface area (Å²) in [6.07, 6.45) is 3.40. The van der Waals surface area contributed by atoms with Gasteiger partial charge in [-0.25, -0.2) is 0 Å². The molecular formula is C13H17N5OS. The zero-order valence-electron chi connectivity index (χ0n) is 11.3. The predicted molar refractivity (Wildman–Crippen MR) is 79.0 cm³/mol. The number of nitrogens with two attached hydrogens (primary N) is 1. The van der Waals surface area contributed by atoms with Crippen molar-refractivity contribution < 1.29 is 4.74 Å². The number of fused-ring (bicyclic) bond motifs is 1. The summed E-state index contributed by atoms with van der Waals surface area (Å²) in [4.78, 5) is 13.8. The van der Waals surface area contributed by atoms with Crippen LogP contribution in [0.4, 0.5) is 11.9 Å². The minimum absolute atomic E-state index is 0.173. The molecule has 2 aromatic rings. The molecule has 20 heavy (non-hydrogen) atoms. The number of anilines is 2. The normalized spacial score (nSPS) is 17.6. The highest BCUT2D eigenvalue weighted by Crippen LogP contribution is 2.35. The van der Waals surface area contributed by atoms with E-state index in [2.05, 4.69) is 31.7 Å². The van der Waals surface area contributed by atoms with Gasteiger partial charge in [0.1, 0.15) is 0 Å². The van der Waals surface area contributed by atoms with Gasteiger partial charge in [0.2, 0.25) is 11.9 Å². The SMILES string of the molecule is CCOc1nc(N)nc(NC2CCCc3sccc32)n1. The number of nitrogens with zero attached hydrogens (tertiary/aromatic N) is 3. The first kappa shape index (κ1) is 13.1. The molecule has 0 bridgehead atoms. The minimum Gasteiger partial charge on any atom is -0.464 e. The fraction of sp³-hybridized carbons (Fsp3) is 0.462. The average molecular weight is 291 g/mol. The highest BCUT2D eigenvalue weighted by Gasteiger charge is 2.22. The maximum atomic E-state index is 5.69. The summed E-state index contributed by atoms with van der Waals surface area (Å²) in [6, 6.07) is 2.68. The average Bonchev–Trinajstić information content (AvgIpc) is 2.88. The van der Waals surface area contributed by atoms with Gasteiger partial charge in [0.15, 0.2) is 0 Å². The van der Waals surface area contributed by atoms with E-state index in [1.165, 1.54) is 16.9 Å². The van der Waals surface area contributed by atoms with Crippen LogP contribution in [0.25, 0.3) is 0 Å². The van der Waals surface area contributed by atoms with E-state index in [9.17, 15) is 0 Å². The Labute approximate surface area is 121 Å². The first-order chi connectivity index (χ1) is 9.76. The van der Waals surface area contributed by atoms with Crippen LogP contribution in [-0.2, 0) is 6.42 Å². The Balaban J connectivity index is 1.82. The molecule has 7 heteroatoms. The Hall–Kier alpha value is -1.89. The summed E-state index contributed by atoms with van der Waals surface area (Å²) < 4.78 is 5.29. The first-order valence-corrected chi connectivity index (χ1v) is 7.61. The zero-order chi connectivity index (χ0) is 13.9. The van der Waals surface area contributed by atoms with Gasteiger partial charge in [-0.3, -0.25) is 0 Å². The molecule has 106 valence electrons. The molecule has 2 heterocycles. The van der Waals surface area contributed by atoms with Crippen LogP contribution in [0.3, 0.4) is 0 Å². The van der Waals surface area contributed by atoms with Gasteiger partial charge in [0.25, 0.3) is 0 Å². The Kier molecular flexibility index (Phi) is 3.68. The Morgan fingerprint density at radius 3 is 3.20 bits per heavy atom. The van der Waals surface area contributed by atoms with E-state index in [-0.39, 0.29) is 18.0 Å². The summed E-state index contributed by atoms with van der Waals surface area (Å²) in [6.45, 7) is 2.38. The standard InChI is InChI=1S/C13H17N5OS/c1-2-19-13-17-11(14)16-12(18-13)15-9-4-3-5-10-8(9)6-7-20-10/h6-7,9H,2-5H2,1H3,(H3,14,15,16,17,18). The Bertz CT molecular complexity index is 600. The van der Waals surface area contributed by atoms with Crippen molar-refractivity contribution in [1.29, 1.82) is 0 Å². The van der Waals surface area contributed by atoms with Gasteiger partial charge in [0, 0.05) is 4.88 Å². The van der Waals surface area contributed by atoms with Crippen LogP contribution in [0.2, 0.25) is 0 Å². The quantitative estimate of drug-likeness (QED) is 0.899. The topological polar surface area (TPSA) is 86.0 Å². The number of aromatic nitrogens is 3. The van der Waals surface area contributed by atoms with Gasteiger partial charge in [-0.2, -0.15) is 15.0 Å². The molecule has 3 N–H and O–H groups in total. The van der Waals surface area contributed by atoms with Crippen LogP contribution in [0.1, 0.15) is 36.2 Å². The monoisotopic (exact) mass is 291 g/mol. The van der Waals surface area contributed by atoms with Crippen LogP contribution in [0.15, 0.2) is 11.4 Å². The van der Waals surface area contributed by atoms with Crippen molar-refractivity contribution >= 4 is 23.2 Å². The smallest absolute Gasteiger partial charge is 0.323 e. The lowest BCUT2D eigenvalue weighted by Gasteiger charge is -2.23. The molecule has 0 aromatic carbocycles. The number of nitrogens with one attached hydrogen (secondary N) is 1. The molecule has 1 atom stereocenters. The number of ether oxygens (including phenoxy) is 1. The van der Waals surface area contributed by atoms with Crippen LogP contribution < -0.4 is 15.8 Å². The van der Waals surface area contributed by atoms with E-state index in [4.69, 9.17) is 10.5 Å². The van der Waals surface area contributed by atoms with E-state index in [0.717, 1.165) is 12.8 Å². The molecule has 0 fully saturated rings. The second-order valence-electron chi connectivity index (χ2n) is 4.62. The Morgan fingerprint density at radius 1 is 1.45 bits per heavy atom. The molecule has 1 aliphatic carbocycles. The number of rotatable bonds is 4. The first-order valence-electron chi connectivity index (χ1n) is 6.73. The molecule has 2 aromatic heterocycles. The lowest BCUT2D eigenvalue weighted by molar-refractivity contribution is 0.312. The highest BCUT2D eigenvalue weighted by atomic mass is 32.1. The van der Waals surface area contributed by atoms with Crippen molar-refractivity contribution in [3.8, 4) is 6.01 Å². The van der Waals surface area contributed by atoms with Gasteiger partial charge < -0.3 is 15.8 Å². The van der Waals surface area contributed by atoms with Crippen molar-refractivity contribution in [3.63, 3.8) is 0 Å². The third-order valence-electron chi connectivity index (χ3n) is 3.26. The van der Waals surface area contributed by atoms with Crippen LogP contribution in [0, 0.1) is 0 Å². The van der Waals surface area contributed by atoms with Crippen LogP contribution in [-0.4, -0.2) is 21.6 Å². The van der Waals surface area contributed by atoms with Gasteiger partial charge >= 0.3 is 6.01 Å². The summed E-state index contributed by atoms with van der Waals surface area (Å²) in [5, 5.41) is 5.48. The summed E-state index contributed by atoms with van der Waals surface area (Å²) >= 11 is 1.81. The molecule has 0 amide bonds. The Morgan fingerprint density at radius 2 is 2.35 bits per heavy atom. The molecule has 0 radical (unpaired) electrons. The lowest BCUT2D eigenvalue weighted by Crippen LogP contribution is -2.18. The zero-order valence-corrected chi connectivity index (χ0v) is 12.1. The maximum Gasteiger partial charge on any atom is 0.323 e. The van der Waals surface area contributed by atoms with Crippen molar-refractivity contribution in [2.45, 2.75) is 32.2 Å². The van der Waals surface area contributed by atoms with Gasteiger partial charge in [-0.15, -0.1) is 11.3 Å². The highest BCUT2D eigenvalue weighted by molar-refractivity contribution is 7.10. The lowest BCUT2D eigenvalue weighted by atomic mass is 9.94. The summed E-state index contributed by atoms with van der Waals surface area (Å²) in [7, 11) is 0. The third-order valence-corrected chi connectivity index (χ3v) is 4.26. The molecule has 0 spiro atoms. The van der Waals surface area contributed by atoms with Gasteiger partial charge in [-0.05, 0) is 43.2 Å². The fourth-order valence-corrected chi connectivity index (χ4v) is 3.41. The molecule has 0 saturated carbocycles. The second-order valence-corrected chi connectivity index (χ2v) is 5.62. The van der Waals surface area contributed by atoms with Crippen molar-refractivity contribution in [2.75, 3.05) is 17.7 Å². The maximum absolute atomic E-state index is 5.69. The number of hydrogen-bond acceptors (Lipinski definition) is 7. The number of aryl methyl sites for hydroxylation is 1. The van der Waals surface area contributed by atoms with Crippen molar-refractivity contribution in [2.24, 2.45) is 0 Å². The molecular weight excluding hydrogens is 274 g/mol. The molecule has 0 aliphatic heterocycles. The van der Waals surface area contributed by atoms with Crippen molar-refractivity contribution in [1.82, 2.24) is 15.0 Å². The molecule has 1 unspecified atom stereocenters. The van der Waals surface area contributed by atoms with E-state index in [1.54, 1.807) is 0 Å².